The highest BCUT2D eigenvalue weighted by Crippen LogP contribution is 2.31. The van der Waals surface area contributed by atoms with Crippen molar-refractivity contribution in [2.24, 2.45) is 0 Å². The molecular weight excluding hydrogens is 334 g/mol. The Morgan fingerprint density at radius 2 is 1.81 bits per heavy atom. The Kier molecular flexibility index (Phi) is 4.63. The molecule has 0 aliphatic rings. The van der Waals surface area contributed by atoms with Crippen molar-refractivity contribution in [3.8, 4) is 5.75 Å². The average Bonchev–Trinajstić information content (AvgIpc) is 2.93. The monoisotopic (exact) mass is 357 g/mol. The molecule has 136 valence electrons. The summed E-state index contributed by atoms with van der Waals surface area (Å²) in [6, 6.07) is 16.4. The van der Waals surface area contributed by atoms with Crippen LogP contribution in [0.1, 0.15) is 28.1 Å². The van der Waals surface area contributed by atoms with Gasteiger partial charge in [0.1, 0.15) is 17.9 Å². The van der Waals surface area contributed by atoms with Crippen molar-refractivity contribution < 1.29 is 4.74 Å². The molecule has 0 unspecified atom stereocenters. The Labute approximate surface area is 159 Å². The van der Waals surface area contributed by atoms with Crippen LogP contribution >= 0.6 is 0 Å². The van der Waals surface area contributed by atoms with Gasteiger partial charge in [0.15, 0.2) is 0 Å². The van der Waals surface area contributed by atoms with E-state index in [1.54, 1.807) is 0 Å². The summed E-state index contributed by atoms with van der Waals surface area (Å²) >= 11 is 0. The highest BCUT2D eigenvalue weighted by Gasteiger charge is 2.17. The van der Waals surface area contributed by atoms with Gasteiger partial charge in [-0.05, 0) is 44.0 Å². The molecule has 0 bridgehead atoms. The van der Waals surface area contributed by atoms with E-state index in [1.807, 2.05) is 36.7 Å². The number of ether oxygens (including phenoxy) is 1. The van der Waals surface area contributed by atoms with Crippen molar-refractivity contribution in [3.05, 3.63) is 89.0 Å². The lowest BCUT2D eigenvalue weighted by atomic mass is 10.1. The lowest BCUT2D eigenvalue weighted by Gasteiger charge is -2.12. The van der Waals surface area contributed by atoms with Crippen molar-refractivity contribution in [1.29, 1.82) is 0 Å². The van der Waals surface area contributed by atoms with Crippen molar-refractivity contribution in [3.63, 3.8) is 0 Å². The Bertz CT molecular complexity index is 1080. The number of hydrogen-bond acceptors (Lipinski definition) is 3. The Balaban J connectivity index is 1.73. The predicted octanol–water partition coefficient (Wildman–Crippen LogP) is 4.98. The summed E-state index contributed by atoms with van der Waals surface area (Å²) in [4.78, 5) is 9.09. The second kappa shape index (κ2) is 7.23. The minimum Gasteiger partial charge on any atom is -0.487 e. The molecule has 4 nitrogen and oxygen atoms in total. The Morgan fingerprint density at radius 1 is 0.926 bits per heavy atom. The third-order valence-electron chi connectivity index (χ3n) is 4.98. The summed E-state index contributed by atoms with van der Waals surface area (Å²) in [5.74, 6) is 0.855. The van der Waals surface area contributed by atoms with Crippen LogP contribution in [0.25, 0.3) is 11.0 Å². The summed E-state index contributed by atoms with van der Waals surface area (Å²) < 4.78 is 8.48. The van der Waals surface area contributed by atoms with Gasteiger partial charge in [-0.3, -0.25) is 9.97 Å². The second-order valence-corrected chi connectivity index (χ2v) is 6.90. The molecule has 0 saturated carbocycles. The van der Waals surface area contributed by atoms with E-state index in [0.29, 0.717) is 13.2 Å². The van der Waals surface area contributed by atoms with E-state index in [-0.39, 0.29) is 0 Å². The minimum atomic E-state index is 0.535. The molecule has 0 fully saturated rings. The SMILES string of the molecule is Cc1cccc(COc2ccnc3c(C)c(C)n(Cc4ccccn4)c23)c1. The molecule has 1 aromatic carbocycles. The number of aryl methyl sites for hydroxylation is 2. The molecule has 4 rings (SSSR count). The van der Waals surface area contributed by atoms with Crippen LogP contribution in [0.4, 0.5) is 0 Å². The van der Waals surface area contributed by atoms with Crippen LogP contribution in [0, 0.1) is 20.8 Å². The zero-order chi connectivity index (χ0) is 18.8. The first-order valence-electron chi connectivity index (χ1n) is 9.16. The second-order valence-electron chi connectivity index (χ2n) is 6.90. The van der Waals surface area contributed by atoms with Crippen molar-refractivity contribution in [2.75, 3.05) is 0 Å². The molecule has 0 amide bonds. The van der Waals surface area contributed by atoms with Gasteiger partial charge >= 0.3 is 0 Å². The number of pyridine rings is 2. The fraction of sp³-hybridized carbons (Fsp3) is 0.217. The van der Waals surface area contributed by atoms with Crippen LogP contribution in [-0.4, -0.2) is 14.5 Å². The van der Waals surface area contributed by atoms with E-state index < -0.39 is 0 Å². The van der Waals surface area contributed by atoms with Crippen LogP contribution in [0.3, 0.4) is 0 Å². The molecule has 0 spiro atoms. The molecular formula is C23H23N3O. The molecule has 0 saturated heterocycles. The summed E-state index contributed by atoms with van der Waals surface area (Å²) in [5.41, 5.74) is 7.82. The maximum atomic E-state index is 6.23. The molecule has 4 heteroatoms. The number of nitrogens with zero attached hydrogens (tertiary/aromatic N) is 3. The maximum Gasteiger partial charge on any atom is 0.147 e. The minimum absolute atomic E-state index is 0.535. The zero-order valence-electron chi connectivity index (χ0n) is 15.9. The molecule has 4 aromatic rings. The topological polar surface area (TPSA) is 39.9 Å². The molecule has 0 N–H and O–H groups in total. The molecule has 0 atom stereocenters. The van der Waals surface area contributed by atoms with Gasteiger partial charge in [0.25, 0.3) is 0 Å². The van der Waals surface area contributed by atoms with Crippen LogP contribution in [0.2, 0.25) is 0 Å². The maximum absolute atomic E-state index is 6.23. The molecule has 0 aliphatic carbocycles. The summed E-state index contributed by atoms with van der Waals surface area (Å²) in [6.45, 7) is 7.57. The number of benzene rings is 1. The number of hydrogen-bond donors (Lipinski definition) is 0. The van der Waals surface area contributed by atoms with E-state index in [4.69, 9.17) is 4.74 Å². The quantitative estimate of drug-likeness (QED) is 0.505. The van der Waals surface area contributed by atoms with Gasteiger partial charge in [-0.2, -0.15) is 0 Å². The third-order valence-corrected chi connectivity index (χ3v) is 4.98. The van der Waals surface area contributed by atoms with Gasteiger partial charge in [0.2, 0.25) is 0 Å². The van der Waals surface area contributed by atoms with Gasteiger partial charge in [0, 0.05) is 24.2 Å². The predicted molar refractivity (Wildman–Crippen MR) is 108 cm³/mol. The summed E-state index contributed by atoms with van der Waals surface area (Å²) in [5, 5.41) is 0. The summed E-state index contributed by atoms with van der Waals surface area (Å²) in [6.07, 6.45) is 3.65. The molecule has 0 aliphatic heterocycles. The average molecular weight is 357 g/mol. The van der Waals surface area contributed by atoms with Crippen LogP contribution < -0.4 is 4.74 Å². The van der Waals surface area contributed by atoms with Crippen molar-refractivity contribution in [2.45, 2.75) is 33.9 Å². The van der Waals surface area contributed by atoms with E-state index in [0.717, 1.165) is 28.0 Å². The smallest absolute Gasteiger partial charge is 0.147 e. The molecule has 3 aromatic heterocycles. The standard InChI is InChI=1S/C23H23N3O/c1-16-7-6-8-19(13-16)15-27-21-10-12-25-22-17(2)18(3)26(23(21)22)14-20-9-4-5-11-24-20/h4-13H,14-15H2,1-3H3. The fourth-order valence-corrected chi connectivity index (χ4v) is 3.44. The normalized spacial score (nSPS) is 11.1. The lowest BCUT2D eigenvalue weighted by Crippen LogP contribution is -2.05. The van der Waals surface area contributed by atoms with Gasteiger partial charge in [-0.15, -0.1) is 0 Å². The number of fused-ring (bicyclic) bond motifs is 1. The van der Waals surface area contributed by atoms with E-state index in [2.05, 4.69) is 59.6 Å². The van der Waals surface area contributed by atoms with Crippen molar-refractivity contribution in [1.82, 2.24) is 14.5 Å². The lowest BCUT2D eigenvalue weighted by molar-refractivity contribution is 0.308. The first-order valence-corrected chi connectivity index (χ1v) is 9.16. The Hall–Kier alpha value is -3.14. The van der Waals surface area contributed by atoms with Gasteiger partial charge in [-0.1, -0.05) is 35.9 Å². The van der Waals surface area contributed by atoms with Gasteiger partial charge < -0.3 is 9.30 Å². The summed E-state index contributed by atoms with van der Waals surface area (Å²) in [7, 11) is 0. The Morgan fingerprint density at radius 3 is 2.59 bits per heavy atom. The van der Waals surface area contributed by atoms with Gasteiger partial charge in [-0.25, -0.2) is 0 Å². The van der Waals surface area contributed by atoms with Crippen molar-refractivity contribution >= 4 is 11.0 Å². The zero-order valence-corrected chi connectivity index (χ0v) is 15.9. The molecule has 27 heavy (non-hydrogen) atoms. The highest BCUT2D eigenvalue weighted by atomic mass is 16.5. The van der Waals surface area contributed by atoms with Crippen LogP contribution in [0.15, 0.2) is 60.9 Å². The third kappa shape index (κ3) is 3.43. The first-order chi connectivity index (χ1) is 13.1. The van der Waals surface area contributed by atoms with Gasteiger partial charge in [0.05, 0.1) is 17.8 Å². The molecule has 0 radical (unpaired) electrons. The highest BCUT2D eigenvalue weighted by molar-refractivity contribution is 5.86. The van der Waals surface area contributed by atoms with Crippen LogP contribution in [0.5, 0.6) is 5.75 Å². The number of aromatic nitrogens is 3. The van der Waals surface area contributed by atoms with E-state index in [9.17, 15) is 0 Å². The largest absolute Gasteiger partial charge is 0.487 e. The number of rotatable bonds is 5. The van der Waals surface area contributed by atoms with E-state index >= 15 is 0 Å². The van der Waals surface area contributed by atoms with E-state index in [1.165, 1.54) is 16.8 Å². The molecule has 3 heterocycles. The fourth-order valence-electron chi connectivity index (χ4n) is 3.44. The first kappa shape index (κ1) is 17.3. The van der Waals surface area contributed by atoms with Crippen LogP contribution in [-0.2, 0) is 13.2 Å².